The first kappa shape index (κ1) is 22.0. The van der Waals surface area contributed by atoms with E-state index in [0.717, 1.165) is 5.56 Å². The molecule has 2 N–H and O–H groups in total. The summed E-state index contributed by atoms with van der Waals surface area (Å²) in [5, 5.41) is 5.97. The molecule has 9 heteroatoms. The molecule has 0 aromatic heterocycles. The standard InChI is InChI=1S/C19H28F3N5O/c1-15(19(20,21)22)26-10-12-27(13-11-26)18(23-2)24-9-8-17(28)25-14-16-6-4-3-5-7-16/h3-7,15H,8-14H2,1-2H3,(H,23,24)(H,25,28). The van der Waals surface area contributed by atoms with E-state index in [-0.39, 0.29) is 12.3 Å². The highest BCUT2D eigenvalue weighted by Gasteiger charge is 2.41. The van der Waals surface area contributed by atoms with Crippen molar-refractivity contribution in [1.82, 2.24) is 20.4 Å². The molecular formula is C19H28F3N5O. The van der Waals surface area contributed by atoms with Gasteiger partial charge in [-0.2, -0.15) is 13.2 Å². The van der Waals surface area contributed by atoms with Crippen molar-refractivity contribution in [2.45, 2.75) is 32.1 Å². The molecule has 1 amide bonds. The maximum Gasteiger partial charge on any atom is 0.403 e. The molecule has 1 aromatic rings. The summed E-state index contributed by atoms with van der Waals surface area (Å²) in [5.74, 6) is 0.533. The van der Waals surface area contributed by atoms with Crippen LogP contribution in [0.3, 0.4) is 0 Å². The summed E-state index contributed by atoms with van der Waals surface area (Å²) >= 11 is 0. The highest BCUT2D eigenvalue weighted by atomic mass is 19.4. The number of nitrogens with one attached hydrogen (secondary N) is 2. The van der Waals surface area contributed by atoms with Gasteiger partial charge >= 0.3 is 6.18 Å². The summed E-state index contributed by atoms with van der Waals surface area (Å²) in [5.41, 5.74) is 1.03. The SMILES string of the molecule is CN=C(NCCC(=O)NCc1ccccc1)N1CCN(C(C)C(F)(F)F)CC1. The van der Waals surface area contributed by atoms with Gasteiger partial charge in [0.1, 0.15) is 6.04 Å². The van der Waals surface area contributed by atoms with Crippen molar-refractivity contribution in [3.8, 4) is 0 Å². The zero-order valence-electron chi connectivity index (χ0n) is 16.3. The van der Waals surface area contributed by atoms with E-state index in [1.54, 1.807) is 7.05 Å². The van der Waals surface area contributed by atoms with Crippen molar-refractivity contribution < 1.29 is 18.0 Å². The van der Waals surface area contributed by atoms with Crippen molar-refractivity contribution >= 4 is 11.9 Å². The Morgan fingerprint density at radius 3 is 2.36 bits per heavy atom. The molecule has 1 unspecified atom stereocenters. The fourth-order valence-corrected chi connectivity index (χ4v) is 3.03. The van der Waals surface area contributed by atoms with E-state index in [2.05, 4.69) is 15.6 Å². The monoisotopic (exact) mass is 399 g/mol. The number of hydrogen-bond donors (Lipinski definition) is 2. The number of guanidine groups is 1. The minimum atomic E-state index is -4.21. The third kappa shape index (κ3) is 6.70. The molecule has 1 heterocycles. The van der Waals surface area contributed by atoms with E-state index in [1.165, 1.54) is 11.8 Å². The molecule has 2 rings (SSSR count). The normalized spacial score (nSPS) is 17.3. The van der Waals surface area contributed by atoms with E-state index >= 15 is 0 Å². The van der Waals surface area contributed by atoms with Gasteiger partial charge in [0.2, 0.25) is 5.91 Å². The Balaban J connectivity index is 1.69. The molecule has 0 saturated carbocycles. The number of hydrogen-bond acceptors (Lipinski definition) is 3. The Hall–Kier alpha value is -2.29. The molecular weight excluding hydrogens is 371 g/mol. The van der Waals surface area contributed by atoms with Crippen LogP contribution < -0.4 is 10.6 Å². The third-order valence-corrected chi connectivity index (χ3v) is 4.81. The zero-order chi connectivity index (χ0) is 20.6. The van der Waals surface area contributed by atoms with Gasteiger partial charge in [-0.15, -0.1) is 0 Å². The first-order valence-electron chi connectivity index (χ1n) is 9.38. The summed E-state index contributed by atoms with van der Waals surface area (Å²) < 4.78 is 38.5. The zero-order valence-corrected chi connectivity index (χ0v) is 16.3. The highest BCUT2D eigenvalue weighted by molar-refractivity contribution is 5.81. The Morgan fingerprint density at radius 2 is 1.79 bits per heavy atom. The first-order valence-corrected chi connectivity index (χ1v) is 9.38. The summed E-state index contributed by atoms with van der Waals surface area (Å²) in [7, 11) is 1.63. The molecule has 0 radical (unpaired) electrons. The molecule has 1 fully saturated rings. The van der Waals surface area contributed by atoms with Crippen LogP contribution in [0.4, 0.5) is 13.2 Å². The molecule has 0 spiro atoms. The topological polar surface area (TPSA) is 60.0 Å². The molecule has 1 saturated heterocycles. The van der Waals surface area contributed by atoms with Gasteiger partial charge in [-0.05, 0) is 12.5 Å². The van der Waals surface area contributed by atoms with E-state index in [0.29, 0.717) is 45.2 Å². The van der Waals surface area contributed by atoms with Gasteiger partial charge in [0.05, 0.1) is 0 Å². The number of alkyl halides is 3. The van der Waals surface area contributed by atoms with Crippen LogP contribution in [0.2, 0.25) is 0 Å². The van der Waals surface area contributed by atoms with Crippen LogP contribution >= 0.6 is 0 Å². The van der Waals surface area contributed by atoms with E-state index in [1.807, 2.05) is 35.2 Å². The predicted octanol–water partition coefficient (Wildman–Crippen LogP) is 1.84. The lowest BCUT2D eigenvalue weighted by Crippen LogP contribution is -2.56. The molecule has 1 atom stereocenters. The predicted molar refractivity (Wildman–Crippen MR) is 103 cm³/mol. The molecule has 156 valence electrons. The van der Waals surface area contributed by atoms with E-state index in [4.69, 9.17) is 0 Å². The van der Waals surface area contributed by atoms with Crippen LogP contribution in [-0.4, -0.2) is 73.7 Å². The largest absolute Gasteiger partial charge is 0.403 e. The summed E-state index contributed by atoms with van der Waals surface area (Å²) in [6.45, 7) is 3.63. The van der Waals surface area contributed by atoms with Gasteiger partial charge < -0.3 is 15.5 Å². The molecule has 1 aliphatic rings. The lowest BCUT2D eigenvalue weighted by molar-refractivity contribution is -0.181. The van der Waals surface area contributed by atoms with Crippen molar-refractivity contribution in [2.24, 2.45) is 4.99 Å². The maximum absolute atomic E-state index is 12.8. The third-order valence-electron chi connectivity index (χ3n) is 4.81. The first-order chi connectivity index (χ1) is 13.3. The van der Waals surface area contributed by atoms with Gasteiger partial charge in [0.15, 0.2) is 5.96 Å². The second-order valence-corrected chi connectivity index (χ2v) is 6.73. The highest BCUT2D eigenvalue weighted by Crippen LogP contribution is 2.25. The van der Waals surface area contributed by atoms with Crippen molar-refractivity contribution in [3.63, 3.8) is 0 Å². The van der Waals surface area contributed by atoms with Crippen LogP contribution in [0.5, 0.6) is 0 Å². The average Bonchev–Trinajstić information content (AvgIpc) is 2.69. The number of halogens is 3. The quantitative estimate of drug-likeness (QED) is 0.566. The number of nitrogens with zero attached hydrogens (tertiary/aromatic N) is 3. The Labute approximate surface area is 163 Å². The molecule has 1 aromatic carbocycles. The number of aliphatic imine (C=N–C) groups is 1. The fourth-order valence-electron chi connectivity index (χ4n) is 3.03. The number of benzene rings is 1. The van der Waals surface area contributed by atoms with Crippen LogP contribution in [0, 0.1) is 0 Å². The summed E-state index contributed by atoms with van der Waals surface area (Å²) in [6, 6.07) is 8.20. The van der Waals surface area contributed by atoms with Gasteiger partial charge in [0, 0.05) is 52.7 Å². The van der Waals surface area contributed by atoms with E-state index in [9.17, 15) is 18.0 Å². The van der Waals surface area contributed by atoms with Crippen molar-refractivity contribution in [2.75, 3.05) is 39.8 Å². The van der Waals surface area contributed by atoms with Gasteiger partial charge in [0.25, 0.3) is 0 Å². The summed E-state index contributed by atoms with van der Waals surface area (Å²) in [6.07, 6.45) is -3.92. The lowest BCUT2D eigenvalue weighted by atomic mass is 10.2. The Kier molecular flexibility index (Phi) is 8.10. The minimum Gasteiger partial charge on any atom is -0.356 e. The number of carbonyl (C=O) groups excluding carboxylic acids is 1. The second kappa shape index (κ2) is 10.3. The summed E-state index contributed by atoms with van der Waals surface area (Å²) in [4.78, 5) is 19.5. The van der Waals surface area contributed by atoms with Crippen LogP contribution in [0.25, 0.3) is 0 Å². The number of piperazine rings is 1. The molecule has 0 aliphatic carbocycles. The van der Waals surface area contributed by atoms with Gasteiger partial charge in [-0.25, -0.2) is 0 Å². The average molecular weight is 399 g/mol. The molecule has 1 aliphatic heterocycles. The molecule has 0 bridgehead atoms. The molecule has 6 nitrogen and oxygen atoms in total. The van der Waals surface area contributed by atoms with Crippen molar-refractivity contribution in [1.29, 1.82) is 0 Å². The van der Waals surface area contributed by atoms with E-state index < -0.39 is 12.2 Å². The maximum atomic E-state index is 12.8. The van der Waals surface area contributed by atoms with Crippen molar-refractivity contribution in [3.05, 3.63) is 35.9 Å². The van der Waals surface area contributed by atoms with Gasteiger partial charge in [-0.1, -0.05) is 30.3 Å². The fraction of sp³-hybridized carbons (Fsp3) is 0.579. The van der Waals surface area contributed by atoms with Gasteiger partial charge in [-0.3, -0.25) is 14.7 Å². The Morgan fingerprint density at radius 1 is 1.14 bits per heavy atom. The second-order valence-electron chi connectivity index (χ2n) is 6.73. The molecule has 28 heavy (non-hydrogen) atoms. The number of amides is 1. The Bertz CT molecular complexity index is 643. The van der Waals surface area contributed by atoms with Crippen LogP contribution in [-0.2, 0) is 11.3 Å². The number of carbonyl (C=O) groups is 1. The van der Waals surface area contributed by atoms with Crippen LogP contribution in [0.1, 0.15) is 18.9 Å². The minimum absolute atomic E-state index is 0.0735. The lowest BCUT2D eigenvalue weighted by Gasteiger charge is -2.39. The number of rotatable bonds is 6. The van der Waals surface area contributed by atoms with Crippen LogP contribution in [0.15, 0.2) is 35.3 Å². The smallest absolute Gasteiger partial charge is 0.356 e.